The second kappa shape index (κ2) is 11.5. The Labute approximate surface area is 209 Å². The molecule has 188 valence electrons. The molecule has 0 aliphatic carbocycles. The van der Waals surface area contributed by atoms with Crippen LogP contribution in [0.15, 0.2) is 48.0 Å². The molecule has 1 heterocycles. The first-order chi connectivity index (χ1) is 16.6. The lowest BCUT2D eigenvalue weighted by Gasteiger charge is -2.28. The van der Waals surface area contributed by atoms with Crippen molar-refractivity contribution in [2.45, 2.75) is 46.6 Å². The van der Waals surface area contributed by atoms with E-state index in [-0.39, 0.29) is 5.57 Å². The van der Waals surface area contributed by atoms with Crippen molar-refractivity contribution >= 4 is 17.4 Å². The van der Waals surface area contributed by atoms with Gasteiger partial charge in [0.25, 0.3) is 5.91 Å². The predicted molar refractivity (Wildman–Crippen MR) is 136 cm³/mol. The van der Waals surface area contributed by atoms with E-state index in [0.29, 0.717) is 30.4 Å². The minimum Gasteiger partial charge on any atom is -0.872 e. The van der Waals surface area contributed by atoms with Crippen molar-refractivity contribution in [3.05, 3.63) is 70.3 Å². The summed E-state index contributed by atoms with van der Waals surface area (Å²) < 4.78 is 5.84. The maximum atomic E-state index is 13.7. The number of amides is 1. The van der Waals surface area contributed by atoms with E-state index < -0.39 is 23.5 Å². The summed E-state index contributed by atoms with van der Waals surface area (Å²) in [6.45, 7) is 9.98. The number of Topliss-reactive ketones (excluding diaryl/α,β-unsaturated/α-hetero) is 1. The molecule has 3 rings (SSSR count). The second-order valence-corrected chi connectivity index (χ2v) is 10.1. The average molecular weight is 479 g/mol. The molecule has 1 atom stereocenters. The summed E-state index contributed by atoms with van der Waals surface area (Å²) in [4.78, 5) is 29.1. The van der Waals surface area contributed by atoms with Crippen LogP contribution in [0.25, 0.3) is 5.76 Å². The first-order valence-electron chi connectivity index (χ1n) is 12.5. The summed E-state index contributed by atoms with van der Waals surface area (Å²) in [5, 5.41) is 13.7. The van der Waals surface area contributed by atoms with Crippen LogP contribution < -0.4 is 14.7 Å². The highest BCUT2D eigenvalue weighted by atomic mass is 16.5. The van der Waals surface area contributed by atoms with E-state index in [2.05, 4.69) is 34.9 Å². The maximum absolute atomic E-state index is 13.7. The first-order valence-corrected chi connectivity index (χ1v) is 12.5. The third-order valence-electron chi connectivity index (χ3n) is 6.32. The zero-order valence-corrected chi connectivity index (χ0v) is 21.8. The molecule has 6 heteroatoms. The first kappa shape index (κ1) is 26.5. The fourth-order valence-corrected chi connectivity index (χ4v) is 4.35. The molecule has 1 aliphatic heterocycles. The van der Waals surface area contributed by atoms with Crippen LogP contribution >= 0.6 is 0 Å². The van der Waals surface area contributed by atoms with Crippen LogP contribution in [-0.2, 0) is 16.0 Å². The average Bonchev–Trinajstić information content (AvgIpc) is 3.07. The number of aryl methyl sites for hydroxylation is 2. The molecule has 1 fully saturated rings. The molecule has 1 N–H and O–H groups in total. The Kier molecular flexibility index (Phi) is 8.73. The molecule has 1 saturated heterocycles. The Balaban J connectivity index is 2.04. The van der Waals surface area contributed by atoms with E-state index >= 15 is 0 Å². The van der Waals surface area contributed by atoms with Crippen molar-refractivity contribution in [2.24, 2.45) is 5.92 Å². The number of carbonyl (C=O) groups excluding carboxylic acids is 2. The number of hydrogen-bond donors (Lipinski definition) is 1. The van der Waals surface area contributed by atoms with E-state index in [1.54, 1.807) is 23.1 Å². The van der Waals surface area contributed by atoms with Gasteiger partial charge in [-0.1, -0.05) is 56.9 Å². The molecule has 35 heavy (non-hydrogen) atoms. The molecule has 0 spiro atoms. The highest BCUT2D eigenvalue weighted by molar-refractivity contribution is 6.46. The van der Waals surface area contributed by atoms with Gasteiger partial charge in [0.1, 0.15) is 5.75 Å². The van der Waals surface area contributed by atoms with Crippen molar-refractivity contribution < 1.29 is 24.3 Å². The molecule has 1 amide bonds. The van der Waals surface area contributed by atoms with Gasteiger partial charge in [-0.2, -0.15) is 0 Å². The van der Waals surface area contributed by atoms with Gasteiger partial charge in [0.2, 0.25) is 5.78 Å². The Bertz CT molecular complexity index is 1090. The van der Waals surface area contributed by atoms with Crippen LogP contribution in [0.3, 0.4) is 0 Å². The summed E-state index contributed by atoms with van der Waals surface area (Å²) >= 11 is 0. The van der Waals surface area contributed by atoms with Crippen LogP contribution in [0.5, 0.6) is 5.75 Å². The van der Waals surface area contributed by atoms with Crippen molar-refractivity contribution in [3.63, 3.8) is 0 Å². The number of nitrogens with one attached hydrogen (secondary N) is 1. The minimum absolute atomic E-state index is 0.0340. The van der Waals surface area contributed by atoms with Gasteiger partial charge in [-0.3, -0.25) is 9.59 Å². The molecular weight excluding hydrogens is 440 g/mol. The van der Waals surface area contributed by atoms with Crippen molar-refractivity contribution in [3.8, 4) is 5.75 Å². The summed E-state index contributed by atoms with van der Waals surface area (Å²) in [7, 11) is 4.10. The Hall–Kier alpha value is -3.12. The molecule has 1 unspecified atom stereocenters. The monoisotopic (exact) mass is 478 g/mol. The fourth-order valence-electron chi connectivity index (χ4n) is 4.35. The zero-order valence-electron chi connectivity index (χ0n) is 21.8. The Morgan fingerprint density at radius 2 is 1.80 bits per heavy atom. The SMILES string of the molecule is CCc1ccc(C2/C(=C(\[O-])c3ccc(OCC(C)C)c(C)c3)C(=O)C(=O)N2CCC[NH+](C)C)cc1. The maximum Gasteiger partial charge on any atom is 0.295 e. The fraction of sp³-hybridized carbons (Fsp3) is 0.448. The highest BCUT2D eigenvalue weighted by Crippen LogP contribution is 2.39. The number of ketones is 1. The molecule has 1 aliphatic rings. The van der Waals surface area contributed by atoms with Gasteiger partial charge in [0.15, 0.2) is 0 Å². The number of ether oxygens (including phenoxy) is 1. The standard InChI is InChI=1S/C29H38N2O4/c1-7-21-9-11-22(12-10-21)26-25(28(33)29(34)31(26)16-8-15-30(5)6)27(32)23-13-14-24(20(4)17-23)35-18-19(2)3/h9-14,17,19,26,32H,7-8,15-16,18H2,1-6H3/b27-25+. The Morgan fingerprint density at radius 3 is 2.37 bits per heavy atom. The van der Waals surface area contributed by atoms with E-state index in [1.807, 2.05) is 31.2 Å². The van der Waals surface area contributed by atoms with Gasteiger partial charge in [-0.25, -0.2) is 0 Å². The molecule has 0 bridgehead atoms. The van der Waals surface area contributed by atoms with Crippen LogP contribution in [0, 0.1) is 12.8 Å². The molecule has 0 saturated carbocycles. The lowest BCUT2D eigenvalue weighted by Crippen LogP contribution is -3.05. The van der Waals surface area contributed by atoms with Crippen LogP contribution in [0.1, 0.15) is 55.5 Å². The van der Waals surface area contributed by atoms with Crippen molar-refractivity contribution in [2.75, 3.05) is 33.8 Å². The van der Waals surface area contributed by atoms with Crippen LogP contribution in [0.4, 0.5) is 0 Å². The van der Waals surface area contributed by atoms with Gasteiger partial charge in [-0.05, 0) is 53.6 Å². The summed E-state index contributed by atoms with van der Waals surface area (Å²) in [6, 6.07) is 12.4. The topological polar surface area (TPSA) is 74.1 Å². The number of quaternary nitrogens is 1. The lowest BCUT2D eigenvalue weighted by molar-refractivity contribution is -0.858. The third kappa shape index (κ3) is 6.12. The number of hydrogen-bond acceptors (Lipinski definition) is 4. The van der Waals surface area contributed by atoms with Gasteiger partial charge >= 0.3 is 0 Å². The third-order valence-corrected chi connectivity index (χ3v) is 6.32. The lowest BCUT2D eigenvalue weighted by atomic mass is 9.94. The largest absolute Gasteiger partial charge is 0.872 e. The van der Waals surface area contributed by atoms with Crippen LogP contribution in [0.2, 0.25) is 0 Å². The number of rotatable bonds is 10. The predicted octanol–water partition coefficient (Wildman–Crippen LogP) is 2.35. The normalized spacial score (nSPS) is 17.6. The van der Waals surface area contributed by atoms with E-state index in [4.69, 9.17) is 4.74 Å². The van der Waals surface area contributed by atoms with Gasteiger partial charge < -0.3 is 19.6 Å². The molecular formula is C29H38N2O4. The van der Waals surface area contributed by atoms with Crippen molar-refractivity contribution in [1.29, 1.82) is 0 Å². The van der Waals surface area contributed by atoms with E-state index in [0.717, 1.165) is 36.1 Å². The summed E-state index contributed by atoms with van der Waals surface area (Å²) in [5.41, 5.74) is 3.20. The smallest absolute Gasteiger partial charge is 0.295 e. The second-order valence-electron chi connectivity index (χ2n) is 10.1. The number of likely N-dealkylation sites (tertiary alicyclic amines) is 1. The van der Waals surface area contributed by atoms with Crippen LogP contribution in [-0.4, -0.2) is 50.4 Å². The minimum atomic E-state index is -0.699. The molecule has 2 aromatic rings. The van der Waals surface area contributed by atoms with Gasteiger partial charge in [0.05, 0.1) is 33.3 Å². The molecule has 0 aromatic heterocycles. The molecule has 6 nitrogen and oxygen atoms in total. The summed E-state index contributed by atoms with van der Waals surface area (Å²) in [5.74, 6) is -0.594. The zero-order chi connectivity index (χ0) is 25.7. The van der Waals surface area contributed by atoms with Gasteiger partial charge in [0, 0.05) is 18.5 Å². The van der Waals surface area contributed by atoms with E-state index in [1.165, 1.54) is 4.90 Å². The Morgan fingerprint density at radius 1 is 1.11 bits per heavy atom. The number of benzene rings is 2. The van der Waals surface area contributed by atoms with E-state index in [9.17, 15) is 14.7 Å². The quantitative estimate of drug-likeness (QED) is 0.323. The molecule has 2 aromatic carbocycles. The van der Waals surface area contributed by atoms with Gasteiger partial charge in [-0.15, -0.1) is 0 Å². The highest BCUT2D eigenvalue weighted by Gasteiger charge is 2.43. The number of nitrogens with zero attached hydrogens (tertiary/aromatic N) is 1. The van der Waals surface area contributed by atoms with Crippen molar-refractivity contribution in [1.82, 2.24) is 4.90 Å². The summed E-state index contributed by atoms with van der Waals surface area (Å²) in [6.07, 6.45) is 1.63. The molecule has 0 radical (unpaired) electrons. The number of carbonyl (C=O) groups is 2.